The number of nitrogens with zero attached hydrogens (tertiary/aromatic N) is 2. The van der Waals surface area contributed by atoms with Crippen molar-refractivity contribution < 1.29 is 9.22 Å². The number of likely N-dealkylation sites (N-methyl/N-ethyl adjacent to an activating group) is 1. The van der Waals surface area contributed by atoms with Crippen LogP contribution >= 0.6 is 0 Å². The van der Waals surface area contributed by atoms with Crippen LogP contribution in [0.4, 0.5) is 15.9 Å². The summed E-state index contributed by atoms with van der Waals surface area (Å²) in [4.78, 5) is 4.37. The van der Waals surface area contributed by atoms with Crippen LogP contribution in [0.3, 0.4) is 0 Å². The molecule has 2 heterocycles. The Kier molecular flexibility index (Phi) is 9.35. The molecule has 0 spiro atoms. The van der Waals surface area contributed by atoms with Gasteiger partial charge in [0.15, 0.2) is 0 Å². The lowest BCUT2D eigenvalue weighted by molar-refractivity contribution is 0.0808. The highest BCUT2D eigenvalue weighted by Gasteiger charge is 2.25. The molecule has 2 aromatic carbocycles. The zero-order valence-corrected chi connectivity index (χ0v) is 21.9. The molecule has 1 aliphatic rings. The molecule has 0 saturated heterocycles. The van der Waals surface area contributed by atoms with E-state index in [1.165, 1.54) is 12.6 Å². The van der Waals surface area contributed by atoms with Crippen molar-refractivity contribution in [2.45, 2.75) is 13.3 Å². The van der Waals surface area contributed by atoms with E-state index < -0.39 is 0 Å². The summed E-state index contributed by atoms with van der Waals surface area (Å²) in [5.74, 6) is 0.218. The van der Waals surface area contributed by atoms with Crippen molar-refractivity contribution in [1.29, 1.82) is 0 Å². The number of benzene rings is 2. The molecule has 37 heavy (non-hydrogen) atoms. The second-order valence-electron chi connectivity index (χ2n) is 9.27. The summed E-state index contributed by atoms with van der Waals surface area (Å²) in [7, 11) is 3.35. The summed E-state index contributed by atoms with van der Waals surface area (Å²) in [5, 5.41) is 14.3. The van der Waals surface area contributed by atoms with E-state index in [2.05, 4.69) is 44.5 Å². The smallest absolute Gasteiger partial charge is 0.213 e. The van der Waals surface area contributed by atoms with E-state index in [-0.39, 0.29) is 12.5 Å². The number of hydrogen-bond acceptors (Lipinski definition) is 7. The molecule has 3 aromatic rings. The maximum absolute atomic E-state index is 15.4. The first kappa shape index (κ1) is 26.4. The van der Waals surface area contributed by atoms with Gasteiger partial charge in [0.25, 0.3) is 0 Å². The Labute approximate surface area is 219 Å². The summed E-state index contributed by atoms with van der Waals surface area (Å²) in [6.45, 7) is 5.27. The number of halogens is 1. The minimum Gasteiger partial charge on any atom is -0.477 e. The van der Waals surface area contributed by atoms with Crippen molar-refractivity contribution in [2.75, 3.05) is 57.5 Å². The van der Waals surface area contributed by atoms with Crippen molar-refractivity contribution in [3.8, 4) is 5.88 Å². The summed E-state index contributed by atoms with van der Waals surface area (Å²) < 4.78 is 21.5. The van der Waals surface area contributed by atoms with Crippen molar-refractivity contribution in [3.05, 3.63) is 89.2 Å². The third kappa shape index (κ3) is 7.21. The fourth-order valence-electron chi connectivity index (χ4n) is 4.46. The molecule has 196 valence electrons. The number of fused-ring (bicyclic) bond motifs is 1. The van der Waals surface area contributed by atoms with Gasteiger partial charge >= 0.3 is 0 Å². The molecule has 4 N–H and O–H groups in total. The third-order valence-electron chi connectivity index (χ3n) is 6.39. The number of rotatable bonds is 13. The van der Waals surface area contributed by atoms with Gasteiger partial charge in [-0.2, -0.15) is 0 Å². The van der Waals surface area contributed by atoms with Crippen LogP contribution in [0.5, 0.6) is 5.88 Å². The minimum absolute atomic E-state index is 0.260. The SMILES string of the molecule is CNCCNCC(COc1ccc(C)cn1)/C(=C(/Nc1ccc2c(c1)NCC2)c1ccccc1)N(C)F. The zero-order valence-electron chi connectivity index (χ0n) is 21.9. The molecule has 0 bridgehead atoms. The minimum atomic E-state index is -0.301. The first-order valence-corrected chi connectivity index (χ1v) is 12.8. The van der Waals surface area contributed by atoms with E-state index in [0.29, 0.717) is 28.9 Å². The lowest BCUT2D eigenvalue weighted by Crippen LogP contribution is -2.36. The maximum Gasteiger partial charge on any atom is 0.213 e. The molecule has 4 rings (SSSR count). The number of ether oxygens (including phenoxy) is 1. The molecule has 7 nitrogen and oxygen atoms in total. The Morgan fingerprint density at radius 2 is 1.97 bits per heavy atom. The fourth-order valence-corrected chi connectivity index (χ4v) is 4.46. The van der Waals surface area contributed by atoms with E-state index in [1.54, 1.807) is 6.20 Å². The summed E-state index contributed by atoms with van der Waals surface area (Å²) in [5.41, 5.74) is 6.46. The largest absolute Gasteiger partial charge is 0.477 e. The van der Waals surface area contributed by atoms with E-state index in [0.717, 1.165) is 48.6 Å². The van der Waals surface area contributed by atoms with Gasteiger partial charge in [-0.25, -0.2) is 10.1 Å². The van der Waals surface area contributed by atoms with Crippen LogP contribution < -0.4 is 26.0 Å². The van der Waals surface area contributed by atoms with E-state index >= 15 is 4.48 Å². The quantitative estimate of drug-likeness (QED) is 0.202. The highest BCUT2D eigenvalue weighted by molar-refractivity contribution is 5.80. The monoisotopic (exact) mass is 504 g/mol. The van der Waals surface area contributed by atoms with Gasteiger partial charge in [0, 0.05) is 56.9 Å². The Hall–Kier alpha value is -3.62. The maximum atomic E-state index is 15.4. The Bertz CT molecular complexity index is 1170. The molecule has 1 aromatic heterocycles. The lowest BCUT2D eigenvalue weighted by atomic mass is 9.99. The number of aryl methyl sites for hydroxylation is 1. The van der Waals surface area contributed by atoms with Gasteiger partial charge in [-0.3, -0.25) is 0 Å². The first-order chi connectivity index (χ1) is 18.0. The van der Waals surface area contributed by atoms with Crippen molar-refractivity contribution >= 4 is 17.1 Å². The normalized spacial score (nSPS) is 13.8. The third-order valence-corrected chi connectivity index (χ3v) is 6.39. The average molecular weight is 505 g/mol. The van der Waals surface area contributed by atoms with Crippen LogP contribution in [0.25, 0.3) is 5.70 Å². The fraction of sp³-hybridized carbons (Fsp3) is 0.345. The van der Waals surface area contributed by atoms with E-state index in [9.17, 15) is 0 Å². The van der Waals surface area contributed by atoms with Crippen LogP contribution in [-0.2, 0) is 6.42 Å². The van der Waals surface area contributed by atoms with E-state index in [4.69, 9.17) is 4.74 Å². The molecule has 0 radical (unpaired) electrons. The molecule has 8 heteroatoms. The van der Waals surface area contributed by atoms with Crippen LogP contribution in [-0.4, -0.2) is 57.0 Å². The molecule has 0 fully saturated rings. The molecular formula is C29H37FN6O. The Morgan fingerprint density at radius 3 is 2.70 bits per heavy atom. The second kappa shape index (κ2) is 13.1. The Morgan fingerprint density at radius 1 is 1.14 bits per heavy atom. The number of nitrogens with one attached hydrogen (secondary N) is 4. The molecular weight excluding hydrogens is 467 g/mol. The van der Waals surface area contributed by atoms with Gasteiger partial charge in [0.2, 0.25) is 5.88 Å². The van der Waals surface area contributed by atoms with Crippen molar-refractivity contribution in [2.24, 2.45) is 5.92 Å². The Balaban J connectivity index is 1.70. The van der Waals surface area contributed by atoms with Gasteiger partial charge in [-0.05, 0) is 49.2 Å². The van der Waals surface area contributed by atoms with Crippen LogP contribution in [0.1, 0.15) is 16.7 Å². The van der Waals surface area contributed by atoms with Crippen molar-refractivity contribution in [3.63, 3.8) is 0 Å². The van der Waals surface area contributed by atoms with Crippen molar-refractivity contribution in [1.82, 2.24) is 20.7 Å². The lowest BCUT2D eigenvalue weighted by Gasteiger charge is -2.28. The van der Waals surface area contributed by atoms with Crippen LogP contribution in [0.2, 0.25) is 0 Å². The van der Waals surface area contributed by atoms with Gasteiger partial charge in [0.1, 0.15) is 0 Å². The topological polar surface area (TPSA) is 73.5 Å². The number of pyridine rings is 1. The van der Waals surface area contributed by atoms with Crippen LogP contribution in [0, 0.1) is 12.8 Å². The van der Waals surface area contributed by atoms with Gasteiger partial charge in [-0.15, -0.1) is 4.48 Å². The summed E-state index contributed by atoms with van der Waals surface area (Å²) in [6, 6.07) is 19.9. The zero-order chi connectivity index (χ0) is 26.0. The molecule has 1 unspecified atom stereocenters. The summed E-state index contributed by atoms with van der Waals surface area (Å²) >= 11 is 0. The van der Waals surface area contributed by atoms with Gasteiger partial charge < -0.3 is 26.0 Å². The summed E-state index contributed by atoms with van der Waals surface area (Å²) in [6.07, 6.45) is 2.78. The predicted molar refractivity (Wildman–Crippen MR) is 149 cm³/mol. The highest BCUT2D eigenvalue weighted by atomic mass is 19.2. The number of hydrogen-bond donors (Lipinski definition) is 4. The molecule has 0 saturated carbocycles. The highest BCUT2D eigenvalue weighted by Crippen LogP contribution is 2.32. The average Bonchev–Trinajstić information content (AvgIpc) is 3.38. The molecule has 1 atom stereocenters. The number of anilines is 2. The molecule has 1 aliphatic heterocycles. The second-order valence-corrected chi connectivity index (χ2v) is 9.27. The van der Waals surface area contributed by atoms with Gasteiger partial charge in [-0.1, -0.05) is 42.5 Å². The first-order valence-electron chi connectivity index (χ1n) is 12.8. The standard InChI is InChI=1S/C29H37FN6O/c1-21-9-12-27(34-18-21)37-20-24(19-32-16-15-31-2)29(36(3)30)28(23-7-5-4-6-8-23)35-25-11-10-22-13-14-33-26(22)17-25/h4-12,17-18,24,31-33,35H,13-16,19-20H2,1-3H3/b29-28-. The predicted octanol–water partition coefficient (Wildman–Crippen LogP) is 4.46. The van der Waals surface area contributed by atoms with Crippen LogP contribution in [0.15, 0.2) is 72.6 Å². The molecule has 0 aliphatic carbocycles. The van der Waals surface area contributed by atoms with E-state index in [1.807, 2.05) is 56.4 Å². The molecule has 0 amide bonds. The number of aromatic nitrogens is 1. The van der Waals surface area contributed by atoms with Gasteiger partial charge in [0.05, 0.1) is 23.9 Å².